The maximum absolute atomic E-state index is 11.2. The summed E-state index contributed by atoms with van der Waals surface area (Å²) in [5, 5.41) is 9.24. The molecule has 0 saturated heterocycles. The number of primary sulfonamides is 1. The Kier molecular flexibility index (Phi) is 3.98. The van der Waals surface area contributed by atoms with Crippen LogP contribution in [0.2, 0.25) is 0 Å². The first-order chi connectivity index (χ1) is 9.97. The summed E-state index contributed by atoms with van der Waals surface area (Å²) in [6.07, 6.45) is 5.24. The summed E-state index contributed by atoms with van der Waals surface area (Å²) in [6.45, 7) is 0.900. The fourth-order valence-corrected chi connectivity index (χ4v) is 4.59. The SMILES string of the molecule is NS(=O)(=O)c1ccc(NC2=NCC3(CCCC3)CS2)cc1. The third kappa shape index (κ3) is 3.41. The normalized spacial score (nSPS) is 21.3. The Bertz CT molecular complexity index is 647. The molecule has 2 aliphatic rings. The van der Waals surface area contributed by atoms with Gasteiger partial charge in [0.25, 0.3) is 0 Å². The van der Waals surface area contributed by atoms with Gasteiger partial charge >= 0.3 is 0 Å². The molecule has 1 fully saturated rings. The van der Waals surface area contributed by atoms with Crippen molar-refractivity contribution in [3.63, 3.8) is 0 Å². The third-order valence-corrected chi connectivity index (χ3v) is 6.36. The van der Waals surface area contributed by atoms with Crippen molar-refractivity contribution in [3.05, 3.63) is 24.3 Å². The summed E-state index contributed by atoms with van der Waals surface area (Å²) in [4.78, 5) is 4.78. The number of anilines is 1. The van der Waals surface area contributed by atoms with Crippen molar-refractivity contribution >= 4 is 32.6 Å². The van der Waals surface area contributed by atoms with Gasteiger partial charge in [-0.1, -0.05) is 24.6 Å². The molecule has 0 amide bonds. The highest BCUT2D eigenvalue weighted by molar-refractivity contribution is 8.14. The molecular weight excluding hydrogens is 306 g/mol. The fraction of sp³-hybridized carbons (Fsp3) is 0.500. The van der Waals surface area contributed by atoms with Crippen molar-refractivity contribution in [2.45, 2.75) is 30.6 Å². The molecule has 1 aromatic rings. The van der Waals surface area contributed by atoms with Crippen molar-refractivity contribution in [1.82, 2.24) is 0 Å². The van der Waals surface area contributed by atoms with Crippen LogP contribution in [0.3, 0.4) is 0 Å². The predicted octanol–water partition coefficient (Wildman–Crippen LogP) is 2.41. The number of nitrogens with two attached hydrogens (primary N) is 1. The molecule has 1 heterocycles. The van der Waals surface area contributed by atoms with E-state index < -0.39 is 10.0 Å². The smallest absolute Gasteiger partial charge is 0.238 e. The van der Waals surface area contributed by atoms with Crippen LogP contribution in [0.25, 0.3) is 0 Å². The van der Waals surface area contributed by atoms with E-state index in [-0.39, 0.29) is 4.90 Å². The minimum atomic E-state index is -3.63. The first-order valence-corrected chi connectivity index (χ1v) is 9.57. The number of hydrogen-bond acceptors (Lipinski definition) is 5. The molecule has 3 N–H and O–H groups in total. The van der Waals surface area contributed by atoms with Crippen LogP contribution in [0, 0.1) is 5.41 Å². The summed E-state index contributed by atoms with van der Waals surface area (Å²) in [5.41, 5.74) is 1.25. The number of nitrogens with zero attached hydrogens (tertiary/aromatic N) is 1. The van der Waals surface area contributed by atoms with E-state index in [1.54, 1.807) is 23.9 Å². The number of aliphatic imine (C=N–C) groups is 1. The van der Waals surface area contributed by atoms with E-state index in [1.165, 1.54) is 37.8 Å². The quantitative estimate of drug-likeness (QED) is 0.874. The Balaban J connectivity index is 1.66. The van der Waals surface area contributed by atoms with E-state index in [0.29, 0.717) is 5.41 Å². The number of rotatable bonds is 2. The van der Waals surface area contributed by atoms with Crippen LogP contribution in [0.5, 0.6) is 0 Å². The van der Waals surface area contributed by atoms with Crippen LogP contribution in [0.4, 0.5) is 5.69 Å². The second-order valence-corrected chi connectivity index (χ2v) is 8.34. The lowest BCUT2D eigenvalue weighted by atomic mass is 9.89. The van der Waals surface area contributed by atoms with Crippen molar-refractivity contribution in [1.29, 1.82) is 0 Å². The zero-order valence-electron chi connectivity index (χ0n) is 11.7. The van der Waals surface area contributed by atoms with E-state index in [0.717, 1.165) is 23.2 Å². The monoisotopic (exact) mass is 325 g/mol. The van der Waals surface area contributed by atoms with Crippen LogP contribution in [-0.4, -0.2) is 25.9 Å². The van der Waals surface area contributed by atoms with Crippen molar-refractivity contribution in [3.8, 4) is 0 Å². The lowest BCUT2D eigenvalue weighted by Crippen LogP contribution is -2.30. The van der Waals surface area contributed by atoms with E-state index >= 15 is 0 Å². The Morgan fingerprint density at radius 2 is 1.86 bits per heavy atom. The van der Waals surface area contributed by atoms with Gasteiger partial charge in [-0.2, -0.15) is 0 Å². The minimum Gasteiger partial charge on any atom is -0.335 e. The molecule has 0 bridgehead atoms. The van der Waals surface area contributed by atoms with E-state index in [1.807, 2.05) is 0 Å². The Morgan fingerprint density at radius 3 is 2.38 bits per heavy atom. The summed E-state index contributed by atoms with van der Waals surface area (Å²) in [5.74, 6) is 1.12. The molecule has 1 aliphatic carbocycles. The minimum absolute atomic E-state index is 0.121. The molecule has 0 unspecified atom stereocenters. The Labute approximate surface area is 129 Å². The molecule has 5 nitrogen and oxygen atoms in total. The van der Waals surface area contributed by atoms with Crippen molar-refractivity contribution in [2.24, 2.45) is 15.5 Å². The van der Waals surface area contributed by atoms with Crippen LogP contribution in [-0.2, 0) is 10.0 Å². The van der Waals surface area contributed by atoms with Gasteiger partial charge in [0.05, 0.1) is 4.90 Å². The number of nitrogens with one attached hydrogen (secondary N) is 1. The average Bonchev–Trinajstić information content (AvgIpc) is 2.90. The van der Waals surface area contributed by atoms with Gasteiger partial charge in [0.1, 0.15) is 0 Å². The highest BCUT2D eigenvalue weighted by Crippen LogP contribution is 2.43. The number of hydrogen-bond donors (Lipinski definition) is 2. The third-order valence-electron chi connectivity index (χ3n) is 4.17. The molecule has 114 valence electrons. The van der Waals surface area contributed by atoms with Crippen LogP contribution < -0.4 is 10.5 Å². The molecule has 1 aromatic carbocycles. The fourth-order valence-electron chi connectivity index (χ4n) is 2.91. The number of amidine groups is 1. The zero-order chi connectivity index (χ0) is 14.9. The van der Waals surface area contributed by atoms with Gasteiger partial charge < -0.3 is 5.32 Å². The molecule has 0 radical (unpaired) electrons. The van der Waals surface area contributed by atoms with Crippen LogP contribution in [0.15, 0.2) is 34.2 Å². The van der Waals surface area contributed by atoms with Crippen LogP contribution in [0.1, 0.15) is 25.7 Å². The van der Waals surface area contributed by atoms with Crippen molar-refractivity contribution in [2.75, 3.05) is 17.6 Å². The van der Waals surface area contributed by atoms with Gasteiger partial charge in [-0.05, 0) is 42.5 Å². The molecule has 1 aliphatic heterocycles. The molecule has 3 rings (SSSR count). The summed E-state index contributed by atoms with van der Waals surface area (Å²) in [6, 6.07) is 6.43. The first kappa shape index (κ1) is 14.9. The predicted molar refractivity (Wildman–Crippen MR) is 87.1 cm³/mol. The maximum atomic E-state index is 11.2. The van der Waals surface area contributed by atoms with E-state index in [4.69, 9.17) is 5.14 Å². The summed E-state index contributed by atoms with van der Waals surface area (Å²) >= 11 is 1.76. The number of benzene rings is 1. The van der Waals surface area contributed by atoms with E-state index in [9.17, 15) is 8.42 Å². The largest absolute Gasteiger partial charge is 0.335 e. The molecule has 0 aromatic heterocycles. The Morgan fingerprint density at radius 1 is 1.19 bits per heavy atom. The topological polar surface area (TPSA) is 84.5 Å². The van der Waals surface area contributed by atoms with Gasteiger partial charge in [-0.25, -0.2) is 13.6 Å². The van der Waals surface area contributed by atoms with Gasteiger partial charge in [-0.15, -0.1) is 0 Å². The maximum Gasteiger partial charge on any atom is 0.238 e. The van der Waals surface area contributed by atoms with Crippen LogP contribution >= 0.6 is 11.8 Å². The second kappa shape index (κ2) is 5.62. The lowest BCUT2D eigenvalue weighted by molar-refractivity contribution is 0.359. The summed E-state index contributed by atoms with van der Waals surface area (Å²) in [7, 11) is -3.63. The molecular formula is C14H19N3O2S2. The second-order valence-electron chi connectivity index (χ2n) is 5.81. The first-order valence-electron chi connectivity index (χ1n) is 7.04. The van der Waals surface area contributed by atoms with Gasteiger partial charge in [-0.3, -0.25) is 4.99 Å². The van der Waals surface area contributed by atoms with E-state index in [2.05, 4.69) is 10.3 Å². The van der Waals surface area contributed by atoms with Gasteiger partial charge in [0.15, 0.2) is 5.17 Å². The van der Waals surface area contributed by atoms with Gasteiger partial charge in [0, 0.05) is 18.0 Å². The molecule has 7 heteroatoms. The number of thioether (sulfide) groups is 1. The highest BCUT2D eigenvalue weighted by atomic mass is 32.2. The molecule has 1 spiro atoms. The summed E-state index contributed by atoms with van der Waals surface area (Å²) < 4.78 is 22.4. The standard InChI is InChI=1S/C14H19N3O2S2/c15-21(18,19)12-5-3-11(4-6-12)17-13-16-9-14(10-20-13)7-1-2-8-14/h3-6H,1-2,7-10H2,(H,16,17)(H2,15,18,19). The number of sulfonamides is 1. The average molecular weight is 325 g/mol. The molecule has 1 saturated carbocycles. The molecule has 0 atom stereocenters. The zero-order valence-corrected chi connectivity index (χ0v) is 13.3. The van der Waals surface area contributed by atoms with Gasteiger partial charge in [0.2, 0.25) is 10.0 Å². The highest BCUT2D eigenvalue weighted by Gasteiger charge is 2.36. The van der Waals surface area contributed by atoms with Crippen molar-refractivity contribution < 1.29 is 8.42 Å². The molecule has 21 heavy (non-hydrogen) atoms. The Hall–Kier alpha value is -1.05. The lowest BCUT2D eigenvalue weighted by Gasteiger charge is -2.31.